The third-order valence-electron chi connectivity index (χ3n) is 2.52. The van der Waals surface area contributed by atoms with Gasteiger partial charge in [0.1, 0.15) is 6.10 Å². The number of aliphatic hydroxyl groups excluding tert-OH is 1. The van der Waals surface area contributed by atoms with Crippen molar-refractivity contribution in [2.45, 2.75) is 6.10 Å². The monoisotopic (exact) mass is 267 g/mol. The lowest BCUT2D eigenvalue weighted by Crippen LogP contribution is -2.03. The molecule has 1 atom stereocenters. The molecule has 3 nitrogen and oxygen atoms in total. The summed E-state index contributed by atoms with van der Waals surface area (Å²) in [5.41, 5.74) is 0.812. The highest BCUT2D eigenvalue weighted by molar-refractivity contribution is 6.30. The molecule has 2 aromatic rings. The van der Waals surface area contributed by atoms with Gasteiger partial charge in [-0.1, -0.05) is 17.7 Å². The lowest BCUT2D eigenvalue weighted by molar-refractivity contribution is 0.214. The van der Waals surface area contributed by atoms with Crippen LogP contribution in [0.4, 0.5) is 4.39 Å². The van der Waals surface area contributed by atoms with E-state index in [2.05, 4.69) is 4.98 Å². The molecule has 1 N–H and O–H groups in total. The fourth-order valence-corrected chi connectivity index (χ4v) is 1.68. The Labute approximate surface area is 109 Å². The van der Waals surface area contributed by atoms with Crippen molar-refractivity contribution in [3.05, 3.63) is 58.6 Å². The normalized spacial score (nSPS) is 12.2. The molecule has 1 unspecified atom stereocenters. The number of pyridine rings is 1. The van der Waals surface area contributed by atoms with E-state index in [1.807, 2.05) is 0 Å². The molecule has 0 aliphatic carbocycles. The fraction of sp³-hybridized carbons (Fsp3) is 0.154. The third-order valence-corrected chi connectivity index (χ3v) is 2.75. The second kappa shape index (κ2) is 5.33. The Bertz CT molecular complexity index is 545. The van der Waals surface area contributed by atoms with Gasteiger partial charge in [0.2, 0.25) is 0 Å². The van der Waals surface area contributed by atoms with E-state index in [1.54, 1.807) is 18.2 Å². The van der Waals surface area contributed by atoms with E-state index in [0.717, 1.165) is 0 Å². The second-order valence-electron chi connectivity index (χ2n) is 3.70. The van der Waals surface area contributed by atoms with E-state index in [-0.39, 0.29) is 5.75 Å². The lowest BCUT2D eigenvalue weighted by atomic mass is 10.1. The maximum atomic E-state index is 13.5. The number of halogens is 2. The van der Waals surface area contributed by atoms with Crippen molar-refractivity contribution in [3.63, 3.8) is 0 Å². The number of methoxy groups -OCH3 is 1. The highest BCUT2D eigenvalue weighted by atomic mass is 35.5. The molecule has 0 fully saturated rings. The van der Waals surface area contributed by atoms with Gasteiger partial charge in [0, 0.05) is 6.20 Å². The minimum Gasteiger partial charge on any atom is -0.494 e. The van der Waals surface area contributed by atoms with Crippen LogP contribution in [-0.2, 0) is 0 Å². The van der Waals surface area contributed by atoms with E-state index >= 15 is 0 Å². The Morgan fingerprint density at radius 1 is 1.33 bits per heavy atom. The van der Waals surface area contributed by atoms with Gasteiger partial charge in [0.15, 0.2) is 11.6 Å². The topological polar surface area (TPSA) is 42.4 Å². The number of ether oxygens (including phenoxy) is 1. The predicted octanol–water partition coefficient (Wildman–Crippen LogP) is 2.96. The molecule has 18 heavy (non-hydrogen) atoms. The molecule has 2 rings (SSSR count). The Hall–Kier alpha value is -1.65. The summed E-state index contributed by atoms with van der Waals surface area (Å²) in [5.74, 6) is -0.391. The summed E-state index contributed by atoms with van der Waals surface area (Å²) in [6.07, 6.45) is 0.433. The van der Waals surface area contributed by atoms with Crippen molar-refractivity contribution in [2.75, 3.05) is 7.11 Å². The first-order valence-corrected chi connectivity index (χ1v) is 5.62. The largest absolute Gasteiger partial charge is 0.494 e. The van der Waals surface area contributed by atoms with Crippen LogP contribution in [0.25, 0.3) is 0 Å². The van der Waals surface area contributed by atoms with Gasteiger partial charge in [-0.3, -0.25) is 4.98 Å². The molecule has 1 aromatic carbocycles. The number of benzene rings is 1. The average Bonchev–Trinajstić information content (AvgIpc) is 2.38. The zero-order chi connectivity index (χ0) is 13.1. The van der Waals surface area contributed by atoms with Crippen molar-refractivity contribution >= 4 is 11.6 Å². The van der Waals surface area contributed by atoms with Crippen LogP contribution in [0.5, 0.6) is 5.75 Å². The fourth-order valence-electron chi connectivity index (χ4n) is 1.57. The van der Waals surface area contributed by atoms with E-state index in [0.29, 0.717) is 16.3 Å². The molecule has 0 radical (unpaired) electrons. The Morgan fingerprint density at radius 3 is 2.67 bits per heavy atom. The van der Waals surface area contributed by atoms with Crippen LogP contribution in [0, 0.1) is 5.82 Å². The average molecular weight is 268 g/mol. The summed E-state index contributed by atoms with van der Waals surface area (Å²) in [4.78, 5) is 3.99. The molecule has 0 saturated carbocycles. The van der Waals surface area contributed by atoms with Crippen LogP contribution in [0.15, 0.2) is 36.5 Å². The molecular weight excluding hydrogens is 257 g/mol. The maximum Gasteiger partial charge on any atom is 0.165 e. The summed E-state index contributed by atoms with van der Waals surface area (Å²) in [6.45, 7) is 0. The molecule has 0 bridgehead atoms. The molecule has 94 valence electrons. The van der Waals surface area contributed by atoms with Gasteiger partial charge in [0.05, 0.1) is 17.8 Å². The number of aromatic nitrogens is 1. The number of hydrogen-bond donors (Lipinski definition) is 1. The first kappa shape index (κ1) is 12.8. The van der Waals surface area contributed by atoms with Crippen LogP contribution in [-0.4, -0.2) is 17.2 Å². The number of hydrogen-bond acceptors (Lipinski definition) is 3. The summed E-state index contributed by atoms with van der Waals surface area (Å²) in [5, 5.41) is 10.5. The van der Waals surface area contributed by atoms with E-state index in [9.17, 15) is 9.50 Å². The van der Waals surface area contributed by atoms with Crippen LogP contribution in [0.1, 0.15) is 17.4 Å². The number of rotatable bonds is 3. The van der Waals surface area contributed by atoms with Gasteiger partial charge in [-0.15, -0.1) is 0 Å². The SMILES string of the molecule is COc1ccc(C(O)c2ccc(Cl)cn2)cc1F. The molecule has 1 aromatic heterocycles. The Morgan fingerprint density at radius 2 is 2.11 bits per heavy atom. The van der Waals surface area contributed by atoms with Crippen LogP contribution < -0.4 is 4.74 Å². The minimum absolute atomic E-state index is 0.134. The third kappa shape index (κ3) is 2.60. The zero-order valence-electron chi connectivity index (χ0n) is 9.60. The van der Waals surface area contributed by atoms with Gasteiger partial charge in [0.25, 0.3) is 0 Å². The summed E-state index contributed by atoms with van der Waals surface area (Å²) < 4.78 is 18.3. The number of nitrogens with zero attached hydrogens (tertiary/aromatic N) is 1. The Balaban J connectivity index is 2.31. The van der Waals surface area contributed by atoms with Gasteiger partial charge in [-0.05, 0) is 29.8 Å². The predicted molar refractivity (Wildman–Crippen MR) is 66.3 cm³/mol. The van der Waals surface area contributed by atoms with Crippen molar-refractivity contribution in [1.29, 1.82) is 0 Å². The van der Waals surface area contributed by atoms with Gasteiger partial charge < -0.3 is 9.84 Å². The number of aliphatic hydroxyl groups is 1. The van der Waals surface area contributed by atoms with E-state index in [1.165, 1.54) is 25.4 Å². The van der Waals surface area contributed by atoms with Crippen molar-refractivity contribution < 1.29 is 14.2 Å². The van der Waals surface area contributed by atoms with Gasteiger partial charge >= 0.3 is 0 Å². The quantitative estimate of drug-likeness (QED) is 0.930. The lowest BCUT2D eigenvalue weighted by Gasteiger charge is -2.11. The van der Waals surface area contributed by atoms with Crippen LogP contribution in [0.2, 0.25) is 5.02 Å². The molecule has 1 heterocycles. The van der Waals surface area contributed by atoms with Crippen molar-refractivity contribution in [3.8, 4) is 5.75 Å². The molecule has 0 amide bonds. The first-order chi connectivity index (χ1) is 8.61. The first-order valence-electron chi connectivity index (χ1n) is 5.25. The van der Waals surface area contributed by atoms with Gasteiger partial charge in [-0.2, -0.15) is 0 Å². The summed E-state index contributed by atoms with van der Waals surface area (Å²) >= 11 is 5.71. The van der Waals surface area contributed by atoms with E-state index in [4.69, 9.17) is 16.3 Å². The molecule has 0 saturated heterocycles. The minimum atomic E-state index is -0.998. The zero-order valence-corrected chi connectivity index (χ0v) is 10.4. The maximum absolute atomic E-state index is 13.5. The highest BCUT2D eigenvalue weighted by Gasteiger charge is 2.14. The van der Waals surface area contributed by atoms with Crippen molar-refractivity contribution in [1.82, 2.24) is 4.98 Å². The molecule has 0 spiro atoms. The second-order valence-corrected chi connectivity index (χ2v) is 4.13. The highest BCUT2D eigenvalue weighted by Crippen LogP contribution is 2.25. The molecule has 5 heteroatoms. The summed E-state index contributed by atoms with van der Waals surface area (Å²) in [7, 11) is 1.38. The summed E-state index contributed by atoms with van der Waals surface area (Å²) in [6, 6.07) is 7.48. The standard InChI is InChI=1S/C13H11ClFNO2/c1-18-12-5-2-8(6-10(12)15)13(17)11-4-3-9(14)7-16-11/h2-7,13,17H,1H3. The molecular formula is C13H11ClFNO2. The smallest absolute Gasteiger partial charge is 0.165 e. The van der Waals surface area contributed by atoms with Crippen LogP contribution in [0.3, 0.4) is 0 Å². The molecule has 0 aliphatic rings. The van der Waals surface area contributed by atoms with Gasteiger partial charge in [-0.25, -0.2) is 4.39 Å². The molecule has 0 aliphatic heterocycles. The van der Waals surface area contributed by atoms with Crippen molar-refractivity contribution in [2.24, 2.45) is 0 Å². The van der Waals surface area contributed by atoms with Crippen LogP contribution >= 0.6 is 11.6 Å². The van der Waals surface area contributed by atoms with E-state index < -0.39 is 11.9 Å². The Kier molecular flexibility index (Phi) is 3.79.